The maximum Gasteiger partial charge on any atom is 0.251 e. The minimum absolute atomic E-state index is 0.0882. The van der Waals surface area contributed by atoms with Crippen LogP contribution in [0, 0.1) is 6.92 Å². The van der Waals surface area contributed by atoms with Crippen LogP contribution in [0.4, 0.5) is 0 Å². The lowest BCUT2D eigenvalue weighted by atomic mass is 10.1. The smallest absolute Gasteiger partial charge is 0.251 e. The highest BCUT2D eigenvalue weighted by Crippen LogP contribution is 2.16. The first-order chi connectivity index (χ1) is 9.76. The molecule has 0 spiro atoms. The van der Waals surface area contributed by atoms with Crippen LogP contribution in [0.5, 0.6) is 0 Å². The Kier molecular flexibility index (Phi) is 4.14. The molecule has 0 aliphatic heterocycles. The summed E-state index contributed by atoms with van der Waals surface area (Å²) in [6.45, 7) is 9.27. The molecule has 1 aromatic carbocycles. The second-order valence-electron chi connectivity index (χ2n) is 6.26. The summed E-state index contributed by atoms with van der Waals surface area (Å²) in [6.07, 6.45) is 3.13. The molecular formula is C16H22N4O. The molecule has 0 fully saturated rings. The van der Waals surface area contributed by atoms with Gasteiger partial charge in [-0.05, 0) is 44.9 Å². The number of amides is 1. The summed E-state index contributed by atoms with van der Waals surface area (Å²) in [5, 5.41) is 7.64. The van der Waals surface area contributed by atoms with Crippen LogP contribution in [0.15, 0.2) is 30.6 Å². The molecular weight excluding hydrogens is 264 g/mol. The molecule has 5 heteroatoms. The Bertz CT molecular complexity index is 653. The Morgan fingerprint density at radius 3 is 2.62 bits per heavy atom. The second kappa shape index (κ2) is 5.69. The monoisotopic (exact) mass is 286 g/mol. The van der Waals surface area contributed by atoms with Crippen molar-refractivity contribution < 1.29 is 4.79 Å². The molecule has 0 atom stereocenters. The van der Waals surface area contributed by atoms with E-state index in [4.69, 9.17) is 5.73 Å². The largest absolute Gasteiger partial charge is 0.366 e. The Labute approximate surface area is 125 Å². The highest BCUT2D eigenvalue weighted by molar-refractivity contribution is 5.92. The number of hydrogen-bond donors (Lipinski definition) is 2. The van der Waals surface area contributed by atoms with Gasteiger partial charge in [-0.15, -0.1) is 0 Å². The third-order valence-corrected chi connectivity index (χ3v) is 3.20. The number of aromatic nitrogens is 2. The fourth-order valence-electron chi connectivity index (χ4n) is 2.03. The van der Waals surface area contributed by atoms with E-state index in [1.165, 1.54) is 11.8 Å². The molecule has 112 valence electrons. The molecule has 0 unspecified atom stereocenters. The summed E-state index contributed by atoms with van der Waals surface area (Å²) < 4.78 is 1.68. The molecule has 0 saturated carbocycles. The van der Waals surface area contributed by atoms with Crippen molar-refractivity contribution in [2.24, 2.45) is 5.73 Å². The van der Waals surface area contributed by atoms with Crippen LogP contribution < -0.4 is 11.1 Å². The van der Waals surface area contributed by atoms with Gasteiger partial charge in [-0.25, -0.2) is 4.68 Å². The van der Waals surface area contributed by atoms with Gasteiger partial charge in [0.2, 0.25) is 0 Å². The third-order valence-electron chi connectivity index (χ3n) is 3.20. The number of primary amides is 1. The van der Waals surface area contributed by atoms with Crippen LogP contribution in [-0.4, -0.2) is 21.2 Å². The van der Waals surface area contributed by atoms with Crippen LogP contribution in [0.25, 0.3) is 5.69 Å². The average molecular weight is 286 g/mol. The lowest BCUT2D eigenvalue weighted by Crippen LogP contribution is -2.35. The zero-order chi connectivity index (χ0) is 15.6. The highest BCUT2D eigenvalue weighted by atomic mass is 16.1. The fraction of sp³-hybridized carbons (Fsp3) is 0.375. The van der Waals surface area contributed by atoms with Crippen molar-refractivity contribution in [2.45, 2.75) is 39.8 Å². The number of benzene rings is 1. The Balaban J connectivity index is 2.20. The van der Waals surface area contributed by atoms with Gasteiger partial charge in [0.05, 0.1) is 17.4 Å². The normalized spacial score (nSPS) is 11.6. The lowest BCUT2D eigenvalue weighted by Gasteiger charge is -2.21. The van der Waals surface area contributed by atoms with Crippen molar-refractivity contribution in [1.29, 1.82) is 0 Å². The maximum atomic E-state index is 11.1. The molecule has 0 aliphatic rings. The number of aryl methyl sites for hydroxylation is 1. The first kappa shape index (κ1) is 15.3. The molecule has 1 heterocycles. The number of rotatable bonds is 4. The van der Waals surface area contributed by atoms with Crippen LogP contribution >= 0.6 is 0 Å². The van der Waals surface area contributed by atoms with E-state index in [1.807, 2.05) is 13.0 Å². The highest BCUT2D eigenvalue weighted by Gasteiger charge is 2.10. The van der Waals surface area contributed by atoms with Gasteiger partial charge < -0.3 is 11.1 Å². The van der Waals surface area contributed by atoms with E-state index >= 15 is 0 Å². The maximum absolute atomic E-state index is 11.1. The number of nitrogens with zero attached hydrogens (tertiary/aromatic N) is 2. The van der Waals surface area contributed by atoms with Gasteiger partial charge in [-0.1, -0.05) is 12.1 Å². The van der Waals surface area contributed by atoms with Crippen molar-refractivity contribution in [2.75, 3.05) is 0 Å². The Morgan fingerprint density at radius 1 is 1.38 bits per heavy atom. The predicted octanol–water partition coefficient (Wildman–Crippen LogP) is 2.17. The van der Waals surface area contributed by atoms with Crippen molar-refractivity contribution in [3.8, 4) is 5.69 Å². The summed E-state index contributed by atoms with van der Waals surface area (Å²) in [7, 11) is 0. The Morgan fingerprint density at radius 2 is 2.10 bits per heavy atom. The molecule has 2 aromatic rings. The van der Waals surface area contributed by atoms with E-state index in [0.29, 0.717) is 5.56 Å². The number of carbonyl (C=O) groups is 1. The van der Waals surface area contributed by atoms with Gasteiger partial charge in [-0.3, -0.25) is 4.79 Å². The van der Waals surface area contributed by atoms with E-state index in [0.717, 1.165) is 17.8 Å². The number of carbonyl (C=O) groups excluding carboxylic acids is 1. The van der Waals surface area contributed by atoms with E-state index in [-0.39, 0.29) is 5.54 Å². The van der Waals surface area contributed by atoms with Gasteiger partial charge in [0.25, 0.3) is 5.91 Å². The lowest BCUT2D eigenvalue weighted by molar-refractivity contribution is 0.100. The summed E-state index contributed by atoms with van der Waals surface area (Å²) in [4.78, 5) is 11.1. The topological polar surface area (TPSA) is 72.9 Å². The SMILES string of the molecule is Cc1cc(CNC(C)(C)C)ccc1-n1cc(C(N)=O)cn1. The number of hydrogen-bond acceptors (Lipinski definition) is 3. The number of nitrogens with one attached hydrogen (secondary N) is 1. The van der Waals surface area contributed by atoms with E-state index in [9.17, 15) is 4.79 Å². The van der Waals surface area contributed by atoms with E-state index < -0.39 is 5.91 Å². The predicted molar refractivity (Wildman–Crippen MR) is 83.4 cm³/mol. The minimum Gasteiger partial charge on any atom is -0.366 e. The van der Waals surface area contributed by atoms with Gasteiger partial charge in [-0.2, -0.15) is 5.10 Å². The van der Waals surface area contributed by atoms with Crippen molar-refractivity contribution in [3.05, 3.63) is 47.3 Å². The molecule has 0 bridgehead atoms. The molecule has 5 nitrogen and oxygen atoms in total. The first-order valence-corrected chi connectivity index (χ1v) is 6.96. The molecule has 2 rings (SSSR count). The van der Waals surface area contributed by atoms with Gasteiger partial charge in [0.15, 0.2) is 0 Å². The number of nitrogens with two attached hydrogens (primary N) is 1. The standard InChI is InChI=1S/C16H22N4O/c1-11-7-12(8-18-16(2,3)4)5-6-14(11)20-10-13(9-19-20)15(17)21/h5-7,9-10,18H,8H2,1-4H3,(H2,17,21). The van der Waals surface area contributed by atoms with E-state index in [2.05, 4.69) is 43.3 Å². The zero-order valence-corrected chi connectivity index (χ0v) is 13.0. The molecule has 1 amide bonds. The fourth-order valence-corrected chi connectivity index (χ4v) is 2.03. The minimum atomic E-state index is -0.468. The molecule has 0 radical (unpaired) electrons. The van der Waals surface area contributed by atoms with E-state index in [1.54, 1.807) is 10.9 Å². The summed E-state index contributed by atoms with van der Waals surface area (Å²) in [5.41, 5.74) is 9.01. The Hall–Kier alpha value is -2.14. The van der Waals surface area contributed by atoms with Crippen LogP contribution in [0.2, 0.25) is 0 Å². The molecule has 0 saturated heterocycles. The zero-order valence-electron chi connectivity index (χ0n) is 13.0. The summed E-state index contributed by atoms with van der Waals surface area (Å²) in [6, 6.07) is 6.19. The summed E-state index contributed by atoms with van der Waals surface area (Å²) in [5.74, 6) is -0.468. The quantitative estimate of drug-likeness (QED) is 0.904. The van der Waals surface area contributed by atoms with Crippen molar-refractivity contribution in [1.82, 2.24) is 15.1 Å². The van der Waals surface area contributed by atoms with Crippen LogP contribution in [0.3, 0.4) is 0 Å². The van der Waals surface area contributed by atoms with Crippen LogP contribution in [-0.2, 0) is 6.54 Å². The van der Waals surface area contributed by atoms with Crippen molar-refractivity contribution in [3.63, 3.8) is 0 Å². The molecule has 1 aromatic heterocycles. The van der Waals surface area contributed by atoms with Gasteiger partial charge in [0, 0.05) is 18.3 Å². The van der Waals surface area contributed by atoms with Crippen LogP contribution in [0.1, 0.15) is 42.3 Å². The van der Waals surface area contributed by atoms with Crippen molar-refractivity contribution >= 4 is 5.91 Å². The first-order valence-electron chi connectivity index (χ1n) is 6.96. The summed E-state index contributed by atoms with van der Waals surface area (Å²) >= 11 is 0. The molecule has 21 heavy (non-hydrogen) atoms. The van der Waals surface area contributed by atoms with Gasteiger partial charge >= 0.3 is 0 Å². The molecule has 0 aliphatic carbocycles. The van der Waals surface area contributed by atoms with Gasteiger partial charge in [0.1, 0.15) is 0 Å². The second-order valence-corrected chi connectivity index (χ2v) is 6.26. The average Bonchev–Trinajstić information content (AvgIpc) is 2.85. The molecule has 3 N–H and O–H groups in total. The third kappa shape index (κ3) is 3.92.